The van der Waals surface area contributed by atoms with Crippen LogP contribution in [0.5, 0.6) is 0 Å². The average Bonchev–Trinajstić information content (AvgIpc) is 2.63. The fourth-order valence-corrected chi connectivity index (χ4v) is 7.96. The first-order valence-electron chi connectivity index (χ1n) is 10.4. The van der Waals surface area contributed by atoms with Crippen LogP contribution in [0.3, 0.4) is 0 Å². The van der Waals surface area contributed by atoms with Gasteiger partial charge in [-0.15, -0.1) is 0 Å². The molecule has 150 valence electrons. The Bertz CT molecular complexity index is 275. The van der Waals surface area contributed by atoms with Crippen molar-refractivity contribution in [2.24, 2.45) is 0 Å². The molecule has 5 nitrogen and oxygen atoms in total. The molecule has 1 rings (SSSR count). The Morgan fingerprint density at radius 2 is 1.12 bits per heavy atom. The molecule has 0 atom stereocenters. The van der Waals surface area contributed by atoms with Gasteiger partial charge in [-0.25, -0.2) is 0 Å². The smallest absolute Gasteiger partial charge is 0.136 e. The van der Waals surface area contributed by atoms with Crippen LogP contribution in [0.15, 0.2) is 0 Å². The van der Waals surface area contributed by atoms with Gasteiger partial charge in [0.05, 0.1) is 0 Å². The fraction of sp³-hybridized carbons (Fsp3) is 1.00. The number of hydrogen-bond donors (Lipinski definition) is 0. The van der Waals surface area contributed by atoms with Crippen molar-refractivity contribution in [3.05, 3.63) is 0 Å². The molecule has 7 heteroatoms. The van der Waals surface area contributed by atoms with E-state index in [1.54, 1.807) is 0 Å². The molecule has 0 radical (unpaired) electrons. The standard InChI is InChI=1S/C18H41NO4Si2/c1-5-20-17(21-6-2)24-14-19(16-12-10-9-11-13-16)15-25-18(22-7-3)23-8-4/h16-18H,5-15,24-25H2,1-4H3. The molecular weight excluding hydrogens is 350 g/mol. The molecule has 0 spiro atoms. The third-order valence-corrected chi connectivity index (χ3v) is 8.36. The summed E-state index contributed by atoms with van der Waals surface area (Å²) in [7, 11) is -0.870. The van der Waals surface area contributed by atoms with Crippen molar-refractivity contribution in [2.45, 2.75) is 77.7 Å². The SMILES string of the molecule is CCOC(OCC)[SiH2]CN(C[SiH2]C(OCC)OCC)C1CCCCC1. The summed E-state index contributed by atoms with van der Waals surface area (Å²) in [5.74, 6) is 0.134. The van der Waals surface area contributed by atoms with Crippen LogP contribution in [0, 0.1) is 0 Å². The Morgan fingerprint density at radius 1 is 0.720 bits per heavy atom. The van der Waals surface area contributed by atoms with E-state index in [0.29, 0.717) is 0 Å². The first-order valence-corrected chi connectivity index (χ1v) is 14.1. The highest BCUT2D eigenvalue weighted by atomic mass is 28.2. The van der Waals surface area contributed by atoms with Gasteiger partial charge in [0.1, 0.15) is 30.9 Å². The van der Waals surface area contributed by atoms with Gasteiger partial charge in [-0.2, -0.15) is 0 Å². The minimum atomic E-state index is -0.435. The Labute approximate surface area is 159 Å². The third-order valence-electron chi connectivity index (χ3n) is 4.81. The number of nitrogens with zero attached hydrogens (tertiary/aromatic N) is 1. The molecule has 1 saturated carbocycles. The van der Waals surface area contributed by atoms with E-state index in [2.05, 4.69) is 32.6 Å². The zero-order valence-electron chi connectivity index (χ0n) is 17.0. The van der Waals surface area contributed by atoms with Gasteiger partial charge in [-0.05, 0) is 52.9 Å². The Kier molecular flexibility index (Phi) is 14.2. The van der Waals surface area contributed by atoms with Gasteiger partial charge in [-0.3, -0.25) is 0 Å². The lowest BCUT2D eigenvalue weighted by molar-refractivity contribution is -0.0845. The summed E-state index contributed by atoms with van der Waals surface area (Å²) in [5.41, 5.74) is 0. The number of rotatable bonds is 15. The quantitative estimate of drug-likeness (QED) is 0.313. The van der Waals surface area contributed by atoms with Gasteiger partial charge < -0.3 is 23.8 Å². The minimum absolute atomic E-state index is 0.0670. The van der Waals surface area contributed by atoms with Gasteiger partial charge in [0.2, 0.25) is 0 Å². The summed E-state index contributed by atoms with van der Waals surface area (Å²) < 4.78 is 23.2. The van der Waals surface area contributed by atoms with Gasteiger partial charge in [-0.1, -0.05) is 19.3 Å². The number of hydrogen-bond acceptors (Lipinski definition) is 5. The summed E-state index contributed by atoms with van der Waals surface area (Å²) in [6.45, 7) is 11.2. The van der Waals surface area contributed by atoms with Gasteiger partial charge >= 0.3 is 0 Å². The predicted molar refractivity (Wildman–Crippen MR) is 110 cm³/mol. The van der Waals surface area contributed by atoms with E-state index < -0.39 is 19.0 Å². The second-order valence-corrected chi connectivity index (χ2v) is 9.97. The predicted octanol–water partition coefficient (Wildman–Crippen LogP) is 1.59. The summed E-state index contributed by atoms with van der Waals surface area (Å²) >= 11 is 0. The van der Waals surface area contributed by atoms with E-state index in [9.17, 15) is 0 Å². The number of ether oxygens (including phenoxy) is 4. The lowest BCUT2D eigenvalue weighted by Crippen LogP contribution is -2.46. The van der Waals surface area contributed by atoms with E-state index in [1.165, 1.54) is 44.4 Å². The molecule has 0 aromatic carbocycles. The second-order valence-electron chi connectivity index (χ2n) is 6.59. The van der Waals surface area contributed by atoms with Crippen molar-refractivity contribution >= 4 is 19.0 Å². The molecule has 0 aromatic rings. The fourth-order valence-electron chi connectivity index (χ4n) is 3.64. The Hall–Kier alpha value is 0.234. The first-order chi connectivity index (χ1) is 12.2. The molecule has 1 aliphatic carbocycles. The molecule has 0 amide bonds. The summed E-state index contributed by atoms with van der Waals surface area (Å²) in [5, 5.41) is 0. The van der Waals surface area contributed by atoms with E-state index in [-0.39, 0.29) is 11.8 Å². The van der Waals surface area contributed by atoms with Crippen LogP contribution in [0.4, 0.5) is 0 Å². The molecule has 0 aromatic heterocycles. The molecule has 0 bridgehead atoms. The Morgan fingerprint density at radius 3 is 1.48 bits per heavy atom. The lowest BCUT2D eigenvalue weighted by atomic mass is 9.95. The monoisotopic (exact) mass is 391 g/mol. The van der Waals surface area contributed by atoms with E-state index in [4.69, 9.17) is 18.9 Å². The van der Waals surface area contributed by atoms with Gasteiger partial charge in [0.15, 0.2) is 0 Å². The van der Waals surface area contributed by atoms with Crippen LogP contribution >= 0.6 is 0 Å². The van der Waals surface area contributed by atoms with E-state index >= 15 is 0 Å². The minimum Gasteiger partial charge on any atom is -0.357 e. The van der Waals surface area contributed by atoms with Crippen LogP contribution in [-0.2, 0) is 18.9 Å². The van der Waals surface area contributed by atoms with Crippen LogP contribution < -0.4 is 0 Å². The highest BCUT2D eigenvalue weighted by Crippen LogP contribution is 2.22. The normalized spacial score (nSPS) is 17.4. The van der Waals surface area contributed by atoms with E-state index in [1.807, 2.05) is 0 Å². The summed E-state index contributed by atoms with van der Waals surface area (Å²) in [4.78, 5) is 2.74. The van der Waals surface area contributed by atoms with Crippen molar-refractivity contribution in [2.75, 3.05) is 38.8 Å². The average molecular weight is 392 g/mol. The maximum Gasteiger partial charge on any atom is 0.136 e. The molecule has 0 unspecified atom stereocenters. The molecule has 1 aliphatic rings. The van der Waals surface area contributed by atoms with Crippen LogP contribution in [0.2, 0.25) is 0 Å². The van der Waals surface area contributed by atoms with Gasteiger partial charge in [0.25, 0.3) is 0 Å². The van der Waals surface area contributed by atoms with Crippen LogP contribution in [-0.4, -0.2) is 80.6 Å². The van der Waals surface area contributed by atoms with E-state index in [0.717, 1.165) is 32.5 Å². The Balaban J connectivity index is 2.55. The second kappa shape index (κ2) is 15.3. The first kappa shape index (κ1) is 23.3. The molecule has 25 heavy (non-hydrogen) atoms. The summed E-state index contributed by atoms with van der Waals surface area (Å²) in [6, 6.07) is 0.751. The molecule has 0 aliphatic heterocycles. The molecule has 0 N–H and O–H groups in total. The van der Waals surface area contributed by atoms with Crippen molar-refractivity contribution in [1.82, 2.24) is 4.90 Å². The van der Waals surface area contributed by atoms with Crippen molar-refractivity contribution < 1.29 is 18.9 Å². The topological polar surface area (TPSA) is 40.2 Å². The molecule has 1 fully saturated rings. The lowest BCUT2D eigenvalue weighted by Gasteiger charge is -2.35. The highest BCUT2D eigenvalue weighted by molar-refractivity contribution is 6.38. The van der Waals surface area contributed by atoms with Gasteiger partial charge in [0, 0.05) is 32.5 Å². The van der Waals surface area contributed by atoms with Crippen molar-refractivity contribution in [1.29, 1.82) is 0 Å². The molecular formula is C18H41NO4Si2. The maximum absolute atomic E-state index is 5.80. The largest absolute Gasteiger partial charge is 0.357 e. The maximum atomic E-state index is 5.80. The van der Waals surface area contributed by atoms with Crippen LogP contribution in [0.25, 0.3) is 0 Å². The van der Waals surface area contributed by atoms with Crippen LogP contribution in [0.1, 0.15) is 59.8 Å². The summed E-state index contributed by atoms with van der Waals surface area (Å²) in [6.07, 6.45) is 9.24. The zero-order valence-corrected chi connectivity index (χ0v) is 19.8. The zero-order chi connectivity index (χ0) is 18.3. The highest BCUT2D eigenvalue weighted by Gasteiger charge is 2.24. The third kappa shape index (κ3) is 10.2. The molecule has 0 heterocycles. The molecule has 0 saturated heterocycles. The van der Waals surface area contributed by atoms with Crippen molar-refractivity contribution in [3.63, 3.8) is 0 Å². The van der Waals surface area contributed by atoms with Crippen molar-refractivity contribution in [3.8, 4) is 0 Å².